The van der Waals surface area contributed by atoms with Gasteiger partial charge < -0.3 is 4.84 Å². The van der Waals surface area contributed by atoms with Crippen molar-refractivity contribution in [1.29, 1.82) is 0 Å². The number of nitrogens with two attached hydrogens (primary N) is 1. The van der Waals surface area contributed by atoms with E-state index in [0.29, 0.717) is 16.8 Å². The highest BCUT2D eigenvalue weighted by atomic mass is 35.5. The molecule has 0 radical (unpaired) electrons. The summed E-state index contributed by atoms with van der Waals surface area (Å²) in [5.74, 6) is 5.07. The summed E-state index contributed by atoms with van der Waals surface area (Å²) in [5, 5.41) is 0.971. The molecular weight excluding hydrogens is 211 g/mol. The lowest BCUT2D eigenvalue weighted by Gasteiger charge is -2.11. The fraction of sp³-hybridized carbons (Fsp3) is 0.375. The maximum Gasteiger partial charge on any atom is 0.130 e. The molecule has 72 valence electrons. The first-order valence-electron chi connectivity index (χ1n) is 3.77. The molecule has 0 fully saturated rings. The van der Waals surface area contributed by atoms with Gasteiger partial charge in [0.2, 0.25) is 0 Å². The average molecular weight is 221 g/mol. The molecular formula is C8H10Cl2N2O. The Morgan fingerprint density at radius 2 is 2.31 bits per heavy atom. The molecule has 3 nitrogen and oxygen atoms in total. The summed E-state index contributed by atoms with van der Waals surface area (Å²) in [6.45, 7) is 2.35. The van der Waals surface area contributed by atoms with Crippen molar-refractivity contribution in [2.75, 3.05) is 6.61 Å². The molecule has 13 heavy (non-hydrogen) atoms. The lowest BCUT2D eigenvalue weighted by molar-refractivity contribution is 0.126. The summed E-state index contributed by atoms with van der Waals surface area (Å²) in [6, 6.07) is 1.60. The second kappa shape index (κ2) is 4.77. The highest BCUT2D eigenvalue weighted by Crippen LogP contribution is 2.25. The van der Waals surface area contributed by atoms with Crippen molar-refractivity contribution in [1.82, 2.24) is 4.98 Å². The molecule has 0 saturated heterocycles. The third-order valence-electron chi connectivity index (χ3n) is 1.73. The third-order valence-corrected chi connectivity index (χ3v) is 2.26. The second-order valence-corrected chi connectivity index (χ2v) is 3.56. The predicted molar refractivity (Wildman–Crippen MR) is 52.8 cm³/mol. The van der Waals surface area contributed by atoms with Crippen LogP contribution in [0.5, 0.6) is 0 Å². The number of halogens is 2. The molecule has 1 aromatic heterocycles. The molecule has 0 aromatic carbocycles. The summed E-state index contributed by atoms with van der Waals surface area (Å²) in [5.41, 5.74) is 0.886. The van der Waals surface area contributed by atoms with Gasteiger partial charge in [-0.2, -0.15) is 0 Å². The van der Waals surface area contributed by atoms with Crippen molar-refractivity contribution in [2.45, 2.75) is 12.8 Å². The van der Waals surface area contributed by atoms with Gasteiger partial charge in [-0.1, -0.05) is 30.1 Å². The number of hydrogen-bond donors (Lipinski definition) is 1. The minimum atomic E-state index is 0.113. The van der Waals surface area contributed by atoms with Crippen molar-refractivity contribution >= 4 is 23.2 Å². The van der Waals surface area contributed by atoms with Gasteiger partial charge in [-0.15, -0.1) is 0 Å². The van der Waals surface area contributed by atoms with E-state index in [1.165, 1.54) is 0 Å². The van der Waals surface area contributed by atoms with Crippen molar-refractivity contribution in [3.8, 4) is 0 Å². The Morgan fingerprint density at radius 1 is 1.62 bits per heavy atom. The molecule has 1 heterocycles. The Morgan fingerprint density at radius 3 is 2.85 bits per heavy atom. The molecule has 1 unspecified atom stereocenters. The molecule has 0 spiro atoms. The van der Waals surface area contributed by atoms with Gasteiger partial charge in [0.15, 0.2) is 0 Å². The average Bonchev–Trinajstić information content (AvgIpc) is 2.04. The first kappa shape index (κ1) is 10.7. The van der Waals surface area contributed by atoms with E-state index >= 15 is 0 Å². The second-order valence-electron chi connectivity index (χ2n) is 2.76. The molecule has 1 atom stereocenters. The number of hydrogen-bond acceptors (Lipinski definition) is 3. The number of pyridine rings is 1. The Labute approximate surface area is 86.8 Å². The predicted octanol–water partition coefficient (Wildman–Crippen LogP) is 2.38. The van der Waals surface area contributed by atoms with Gasteiger partial charge in [-0.3, -0.25) is 0 Å². The number of rotatable bonds is 3. The van der Waals surface area contributed by atoms with Gasteiger partial charge in [-0.05, 0) is 11.6 Å². The third kappa shape index (κ3) is 2.81. The quantitative estimate of drug-likeness (QED) is 0.629. The fourth-order valence-corrected chi connectivity index (χ4v) is 1.57. The summed E-state index contributed by atoms with van der Waals surface area (Å²) in [4.78, 5) is 8.45. The highest BCUT2D eigenvalue weighted by molar-refractivity contribution is 6.34. The van der Waals surface area contributed by atoms with E-state index in [1.807, 2.05) is 6.92 Å². The van der Waals surface area contributed by atoms with Crippen LogP contribution in [-0.4, -0.2) is 11.6 Å². The molecule has 0 aliphatic carbocycles. The van der Waals surface area contributed by atoms with Crippen LogP contribution in [0.3, 0.4) is 0 Å². The lowest BCUT2D eigenvalue weighted by atomic mass is 10.1. The van der Waals surface area contributed by atoms with E-state index in [0.717, 1.165) is 5.56 Å². The zero-order valence-corrected chi connectivity index (χ0v) is 8.64. The molecule has 0 aliphatic heterocycles. The minimum absolute atomic E-state index is 0.113. The summed E-state index contributed by atoms with van der Waals surface area (Å²) in [7, 11) is 0. The van der Waals surface area contributed by atoms with E-state index in [2.05, 4.69) is 9.82 Å². The summed E-state index contributed by atoms with van der Waals surface area (Å²) >= 11 is 11.6. The normalized spacial score (nSPS) is 12.9. The maximum atomic E-state index is 5.94. The van der Waals surface area contributed by atoms with E-state index in [4.69, 9.17) is 29.1 Å². The molecule has 1 rings (SSSR count). The van der Waals surface area contributed by atoms with Gasteiger partial charge in [0, 0.05) is 17.1 Å². The van der Waals surface area contributed by atoms with Crippen LogP contribution in [0.4, 0.5) is 0 Å². The molecule has 0 aliphatic rings. The smallest absolute Gasteiger partial charge is 0.130 e. The van der Waals surface area contributed by atoms with Crippen LogP contribution in [0.15, 0.2) is 12.3 Å². The van der Waals surface area contributed by atoms with Crippen LogP contribution >= 0.6 is 23.2 Å². The zero-order valence-electron chi connectivity index (χ0n) is 7.13. The topological polar surface area (TPSA) is 48.1 Å². The number of aromatic nitrogens is 1. The molecule has 0 amide bonds. The van der Waals surface area contributed by atoms with Crippen molar-refractivity contribution in [3.63, 3.8) is 0 Å². The van der Waals surface area contributed by atoms with Crippen LogP contribution in [0, 0.1) is 0 Å². The molecule has 0 bridgehead atoms. The largest absolute Gasteiger partial charge is 0.304 e. The van der Waals surface area contributed by atoms with Crippen LogP contribution < -0.4 is 5.90 Å². The molecule has 0 saturated carbocycles. The highest BCUT2D eigenvalue weighted by Gasteiger charge is 2.10. The van der Waals surface area contributed by atoms with Crippen LogP contribution in [0.2, 0.25) is 10.2 Å². The Kier molecular flexibility index (Phi) is 3.93. The standard InChI is InChI=1S/C8H10Cl2N2O/c1-5(4-13-11)6-3-12-8(10)2-7(6)9/h2-3,5H,4,11H2,1H3. The molecule has 5 heteroatoms. The van der Waals surface area contributed by atoms with Gasteiger partial charge in [0.1, 0.15) is 5.15 Å². The lowest BCUT2D eigenvalue weighted by Crippen LogP contribution is -2.09. The Bertz CT molecular complexity index is 293. The SMILES string of the molecule is CC(CON)c1cnc(Cl)cc1Cl. The first-order valence-corrected chi connectivity index (χ1v) is 4.53. The van der Waals surface area contributed by atoms with Crippen LogP contribution in [0.1, 0.15) is 18.4 Å². The van der Waals surface area contributed by atoms with Crippen LogP contribution in [0.25, 0.3) is 0 Å². The van der Waals surface area contributed by atoms with E-state index in [-0.39, 0.29) is 5.92 Å². The van der Waals surface area contributed by atoms with Crippen molar-refractivity contribution in [2.24, 2.45) is 5.90 Å². The fourth-order valence-electron chi connectivity index (χ4n) is 1.01. The van der Waals surface area contributed by atoms with Crippen LogP contribution in [-0.2, 0) is 4.84 Å². The number of nitrogens with zero attached hydrogens (tertiary/aromatic N) is 1. The summed E-state index contributed by atoms with van der Waals surface area (Å²) in [6.07, 6.45) is 1.63. The van der Waals surface area contributed by atoms with E-state index in [9.17, 15) is 0 Å². The van der Waals surface area contributed by atoms with E-state index in [1.54, 1.807) is 12.3 Å². The maximum absolute atomic E-state index is 5.94. The Balaban J connectivity index is 2.88. The van der Waals surface area contributed by atoms with Gasteiger partial charge in [-0.25, -0.2) is 10.9 Å². The monoisotopic (exact) mass is 220 g/mol. The zero-order chi connectivity index (χ0) is 9.84. The van der Waals surface area contributed by atoms with E-state index < -0.39 is 0 Å². The first-order chi connectivity index (χ1) is 6.15. The van der Waals surface area contributed by atoms with Gasteiger partial charge in [0.25, 0.3) is 0 Å². The minimum Gasteiger partial charge on any atom is -0.304 e. The van der Waals surface area contributed by atoms with Crippen molar-refractivity contribution in [3.05, 3.63) is 28.0 Å². The Hall–Kier alpha value is -0.350. The molecule has 2 N–H and O–H groups in total. The van der Waals surface area contributed by atoms with Crippen molar-refractivity contribution < 1.29 is 4.84 Å². The van der Waals surface area contributed by atoms with Gasteiger partial charge in [0.05, 0.1) is 6.61 Å². The van der Waals surface area contributed by atoms with Gasteiger partial charge >= 0.3 is 0 Å². The molecule has 1 aromatic rings. The summed E-state index contributed by atoms with van der Waals surface area (Å²) < 4.78 is 0.